The zero-order valence-electron chi connectivity index (χ0n) is 15.1. The summed E-state index contributed by atoms with van der Waals surface area (Å²) in [5.41, 5.74) is 1.34. The third-order valence-corrected chi connectivity index (χ3v) is 4.05. The van der Waals surface area contributed by atoms with Crippen molar-refractivity contribution in [2.75, 3.05) is 7.11 Å². The van der Waals surface area contributed by atoms with E-state index in [1.165, 1.54) is 10.7 Å². The number of carbonyl (C=O) groups is 1. The second kappa shape index (κ2) is 8.84. The molecule has 0 radical (unpaired) electrons. The number of amides is 1. The highest BCUT2D eigenvalue weighted by atomic mass is 16.5. The topological polar surface area (TPSA) is 86.4 Å². The average molecular weight is 367 g/mol. The Morgan fingerprint density at radius 3 is 2.89 bits per heavy atom. The van der Waals surface area contributed by atoms with E-state index in [9.17, 15) is 9.59 Å². The second-order valence-electron chi connectivity index (χ2n) is 5.97. The summed E-state index contributed by atoms with van der Waals surface area (Å²) >= 11 is 0. The Hall–Kier alpha value is -3.35. The van der Waals surface area contributed by atoms with E-state index in [1.807, 2.05) is 24.3 Å². The maximum Gasteiger partial charge on any atom is 0.266 e. The summed E-state index contributed by atoms with van der Waals surface area (Å²) in [6, 6.07) is 14.2. The molecule has 3 aromatic rings. The van der Waals surface area contributed by atoms with E-state index in [4.69, 9.17) is 9.15 Å². The molecular formula is C20H21N3O4. The minimum Gasteiger partial charge on any atom is -0.497 e. The lowest BCUT2D eigenvalue weighted by Crippen LogP contribution is -2.25. The first kappa shape index (κ1) is 18.4. The van der Waals surface area contributed by atoms with E-state index in [0.717, 1.165) is 11.3 Å². The van der Waals surface area contributed by atoms with E-state index in [-0.39, 0.29) is 11.5 Å². The van der Waals surface area contributed by atoms with Gasteiger partial charge in [0.1, 0.15) is 11.5 Å². The summed E-state index contributed by atoms with van der Waals surface area (Å²) in [6.07, 6.45) is 2.38. The van der Waals surface area contributed by atoms with Crippen LogP contribution in [0.25, 0.3) is 11.3 Å². The zero-order chi connectivity index (χ0) is 19.1. The van der Waals surface area contributed by atoms with Gasteiger partial charge in [-0.15, -0.1) is 0 Å². The number of aryl methyl sites for hydroxylation is 1. The van der Waals surface area contributed by atoms with Gasteiger partial charge in [0, 0.05) is 24.6 Å². The van der Waals surface area contributed by atoms with Crippen LogP contribution >= 0.6 is 0 Å². The summed E-state index contributed by atoms with van der Waals surface area (Å²) < 4.78 is 11.8. The molecule has 0 saturated heterocycles. The molecule has 0 aliphatic rings. The average Bonchev–Trinajstić information content (AvgIpc) is 3.21. The van der Waals surface area contributed by atoms with Crippen molar-refractivity contribution >= 4 is 5.91 Å². The number of benzene rings is 1. The summed E-state index contributed by atoms with van der Waals surface area (Å²) in [4.78, 5) is 23.9. The summed E-state index contributed by atoms with van der Waals surface area (Å²) in [7, 11) is 1.60. The van der Waals surface area contributed by atoms with Crippen molar-refractivity contribution in [3.63, 3.8) is 0 Å². The predicted octanol–water partition coefficient (Wildman–Crippen LogP) is 2.61. The lowest BCUT2D eigenvalue weighted by atomic mass is 10.1. The fourth-order valence-electron chi connectivity index (χ4n) is 2.62. The van der Waals surface area contributed by atoms with E-state index >= 15 is 0 Å². The standard InChI is InChI=1S/C20H21N3O4/c1-26-16-6-2-5-15(13-16)18-9-10-20(25)23(22-18)11-3-8-19(24)21-14-17-7-4-12-27-17/h2,4-7,9-10,12-13H,3,8,11,14H2,1H3,(H,21,24). The first-order valence-corrected chi connectivity index (χ1v) is 8.67. The number of rotatable bonds is 8. The number of nitrogens with one attached hydrogen (secondary N) is 1. The van der Waals surface area contributed by atoms with Crippen molar-refractivity contribution in [2.45, 2.75) is 25.9 Å². The van der Waals surface area contributed by atoms with Crippen LogP contribution in [0.5, 0.6) is 5.75 Å². The quantitative estimate of drug-likeness (QED) is 0.661. The number of ether oxygens (including phenoxy) is 1. The highest BCUT2D eigenvalue weighted by Crippen LogP contribution is 2.21. The molecule has 0 unspecified atom stereocenters. The third kappa shape index (κ3) is 5.07. The van der Waals surface area contributed by atoms with Crippen LogP contribution in [0.3, 0.4) is 0 Å². The fraction of sp³-hybridized carbons (Fsp3) is 0.250. The van der Waals surface area contributed by atoms with Crippen molar-refractivity contribution in [3.05, 3.63) is 70.9 Å². The third-order valence-electron chi connectivity index (χ3n) is 4.05. The van der Waals surface area contributed by atoms with E-state index in [1.54, 1.807) is 31.6 Å². The van der Waals surface area contributed by atoms with Gasteiger partial charge in [-0.05, 0) is 36.8 Å². The molecule has 7 nitrogen and oxygen atoms in total. The van der Waals surface area contributed by atoms with Gasteiger partial charge in [-0.25, -0.2) is 4.68 Å². The first-order chi connectivity index (χ1) is 13.2. The van der Waals surface area contributed by atoms with Crippen LogP contribution in [0.2, 0.25) is 0 Å². The van der Waals surface area contributed by atoms with Gasteiger partial charge in [0.15, 0.2) is 0 Å². The largest absolute Gasteiger partial charge is 0.497 e. The van der Waals surface area contributed by atoms with Crippen molar-refractivity contribution in [1.82, 2.24) is 15.1 Å². The monoisotopic (exact) mass is 367 g/mol. The molecule has 2 heterocycles. The number of nitrogens with zero attached hydrogens (tertiary/aromatic N) is 2. The molecule has 7 heteroatoms. The maximum absolute atomic E-state index is 12.0. The van der Waals surface area contributed by atoms with Crippen LogP contribution in [0, 0.1) is 0 Å². The van der Waals surface area contributed by atoms with Crippen molar-refractivity contribution in [2.24, 2.45) is 0 Å². The highest BCUT2D eigenvalue weighted by Gasteiger charge is 2.07. The van der Waals surface area contributed by atoms with Crippen LogP contribution in [0.4, 0.5) is 0 Å². The van der Waals surface area contributed by atoms with Gasteiger partial charge in [0.25, 0.3) is 5.56 Å². The number of furan rings is 1. The number of hydrogen-bond acceptors (Lipinski definition) is 5. The fourth-order valence-corrected chi connectivity index (χ4v) is 2.62. The Morgan fingerprint density at radius 2 is 2.11 bits per heavy atom. The Morgan fingerprint density at radius 1 is 1.22 bits per heavy atom. The van der Waals surface area contributed by atoms with Crippen LogP contribution < -0.4 is 15.6 Å². The van der Waals surface area contributed by atoms with Crippen LogP contribution in [0.1, 0.15) is 18.6 Å². The zero-order valence-corrected chi connectivity index (χ0v) is 15.1. The smallest absolute Gasteiger partial charge is 0.266 e. The Balaban J connectivity index is 1.58. The number of carbonyl (C=O) groups excluding carboxylic acids is 1. The van der Waals surface area contributed by atoms with Gasteiger partial charge in [0.05, 0.1) is 25.6 Å². The Kier molecular flexibility index (Phi) is 6.04. The van der Waals surface area contributed by atoms with Crippen molar-refractivity contribution < 1.29 is 13.9 Å². The molecule has 1 amide bonds. The van der Waals surface area contributed by atoms with E-state index in [2.05, 4.69) is 10.4 Å². The highest BCUT2D eigenvalue weighted by molar-refractivity contribution is 5.75. The number of aromatic nitrogens is 2. The molecule has 27 heavy (non-hydrogen) atoms. The molecule has 0 saturated carbocycles. The van der Waals surface area contributed by atoms with Gasteiger partial charge in [-0.1, -0.05) is 12.1 Å². The Bertz CT molecular complexity index is 948. The molecule has 0 spiro atoms. The van der Waals surface area contributed by atoms with Gasteiger partial charge in [0.2, 0.25) is 5.91 Å². The van der Waals surface area contributed by atoms with Crippen molar-refractivity contribution in [1.29, 1.82) is 0 Å². The molecule has 0 atom stereocenters. The lowest BCUT2D eigenvalue weighted by molar-refractivity contribution is -0.121. The molecule has 0 aliphatic heterocycles. The molecule has 0 fully saturated rings. The summed E-state index contributed by atoms with van der Waals surface area (Å²) in [5.74, 6) is 1.33. The summed E-state index contributed by atoms with van der Waals surface area (Å²) in [6.45, 7) is 0.722. The molecule has 1 aromatic carbocycles. The Labute approximate surface area is 156 Å². The minimum absolute atomic E-state index is 0.0941. The molecule has 1 N–H and O–H groups in total. The van der Waals surface area contributed by atoms with Crippen molar-refractivity contribution in [3.8, 4) is 17.0 Å². The van der Waals surface area contributed by atoms with Crippen LogP contribution in [-0.2, 0) is 17.9 Å². The summed E-state index contributed by atoms with van der Waals surface area (Å²) in [5, 5.41) is 7.18. The predicted molar refractivity (Wildman–Crippen MR) is 100 cm³/mol. The molecule has 140 valence electrons. The van der Waals surface area contributed by atoms with Crippen LogP contribution in [0.15, 0.2) is 64.0 Å². The second-order valence-corrected chi connectivity index (χ2v) is 5.97. The van der Waals surface area contributed by atoms with E-state index in [0.29, 0.717) is 37.4 Å². The molecule has 0 bridgehead atoms. The molecule has 2 aromatic heterocycles. The maximum atomic E-state index is 12.0. The lowest BCUT2D eigenvalue weighted by Gasteiger charge is -2.08. The molecule has 0 aliphatic carbocycles. The normalized spacial score (nSPS) is 10.6. The number of methoxy groups -OCH3 is 1. The van der Waals surface area contributed by atoms with Crippen LogP contribution in [-0.4, -0.2) is 22.8 Å². The molecular weight excluding hydrogens is 346 g/mol. The number of hydrogen-bond donors (Lipinski definition) is 1. The minimum atomic E-state index is -0.197. The van der Waals surface area contributed by atoms with E-state index < -0.39 is 0 Å². The molecule has 3 rings (SSSR count). The van der Waals surface area contributed by atoms with Gasteiger partial charge in [-0.2, -0.15) is 5.10 Å². The van der Waals surface area contributed by atoms with Gasteiger partial charge < -0.3 is 14.5 Å². The first-order valence-electron chi connectivity index (χ1n) is 8.67. The van der Waals surface area contributed by atoms with Gasteiger partial charge in [-0.3, -0.25) is 9.59 Å². The SMILES string of the molecule is COc1cccc(-c2ccc(=O)n(CCCC(=O)NCc3ccco3)n2)c1. The van der Waals surface area contributed by atoms with Gasteiger partial charge >= 0.3 is 0 Å².